The van der Waals surface area contributed by atoms with Gasteiger partial charge in [-0.2, -0.15) is 0 Å². The standard InChI is InChI=1S/C11H9NO/c1-2-9-4-7-13-8-11(9)5-6-12-10(11)3-1/h1-7H,8H2. The lowest BCUT2D eigenvalue weighted by atomic mass is 9.74. The first-order valence-corrected chi connectivity index (χ1v) is 4.35. The summed E-state index contributed by atoms with van der Waals surface area (Å²) < 4.78 is 5.36. The van der Waals surface area contributed by atoms with Gasteiger partial charge in [0.1, 0.15) is 6.61 Å². The van der Waals surface area contributed by atoms with Crippen LogP contribution in [0.3, 0.4) is 0 Å². The third-order valence-corrected chi connectivity index (χ3v) is 2.73. The minimum atomic E-state index is -0.0799. The molecule has 0 aromatic heterocycles. The van der Waals surface area contributed by atoms with Crippen molar-refractivity contribution in [3.63, 3.8) is 0 Å². The van der Waals surface area contributed by atoms with Crippen LogP contribution in [0.4, 0.5) is 0 Å². The van der Waals surface area contributed by atoms with Crippen LogP contribution in [0.15, 0.2) is 53.4 Å². The number of hydrogen-bond donors (Lipinski definition) is 0. The molecule has 64 valence electrons. The first-order chi connectivity index (χ1) is 6.42. The van der Waals surface area contributed by atoms with Gasteiger partial charge in [-0.3, -0.25) is 4.99 Å². The molecule has 0 saturated heterocycles. The van der Waals surface area contributed by atoms with E-state index >= 15 is 0 Å². The maximum atomic E-state index is 5.36. The quantitative estimate of drug-likeness (QED) is 0.546. The Morgan fingerprint density at radius 1 is 1.38 bits per heavy atom. The van der Waals surface area contributed by atoms with Crippen molar-refractivity contribution >= 4 is 5.71 Å². The second-order valence-electron chi connectivity index (χ2n) is 3.40. The van der Waals surface area contributed by atoms with Crippen LogP contribution in [0.25, 0.3) is 0 Å². The van der Waals surface area contributed by atoms with Crippen molar-refractivity contribution in [3.8, 4) is 0 Å². The molecule has 1 aliphatic carbocycles. The molecule has 2 aliphatic heterocycles. The van der Waals surface area contributed by atoms with E-state index in [0.29, 0.717) is 6.61 Å². The summed E-state index contributed by atoms with van der Waals surface area (Å²) in [6.07, 6.45) is 13.9. The van der Waals surface area contributed by atoms with E-state index in [9.17, 15) is 0 Å². The van der Waals surface area contributed by atoms with Crippen molar-refractivity contribution in [2.45, 2.75) is 0 Å². The lowest BCUT2D eigenvalue weighted by molar-refractivity contribution is 0.196. The molecule has 0 saturated carbocycles. The molecule has 1 unspecified atom stereocenters. The first-order valence-electron chi connectivity index (χ1n) is 4.35. The van der Waals surface area contributed by atoms with Crippen LogP contribution in [0.2, 0.25) is 0 Å². The second-order valence-corrected chi connectivity index (χ2v) is 3.40. The predicted octanol–water partition coefficient (Wildman–Crippen LogP) is 1.98. The Morgan fingerprint density at radius 3 is 3.38 bits per heavy atom. The largest absolute Gasteiger partial charge is 0.500 e. The van der Waals surface area contributed by atoms with E-state index in [2.05, 4.69) is 17.1 Å². The normalized spacial score (nSPS) is 33.2. The first kappa shape index (κ1) is 6.89. The molecule has 1 spiro atoms. The SMILES string of the molecule is C1=CC2=NC=CC23COC=CC3=C1. The number of nitrogens with zero attached hydrogens (tertiary/aromatic N) is 1. The average molecular weight is 171 g/mol. The van der Waals surface area contributed by atoms with Crippen molar-refractivity contribution in [2.75, 3.05) is 6.61 Å². The summed E-state index contributed by atoms with van der Waals surface area (Å²) in [5.41, 5.74) is 2.28. The van der Waals surface area contributed by atoms with Crippen LogP contribution in [-0.2, 0) is 4.74 Å². The molecule has 0 bridgehead atoms. The zero-order valence-electron chi connectivity index (χ0n) is 7.10. The Bertz CT molecular complexity index is 398. The molecule has 0 amide bonds. The summed E-state index contributed by atoms with van der Waals surface area (Å²) in [5.74, 6) is 0. The molecule has 0 aromatic carbocycles. The summed E-state index contributed by atoms with van der Waals surface area (Å²) in [5, 5.41) is 0. The number of aliphatic imine (C=N–C) groups is 1. The number of allylic oxidation sites excluding steroid dienone is 4. The Hall–Kier alpha value is -1.57. The molecule has 0 fully saturated rings. The number of hydrogen-bond acceptors (Lipinski definition) is 2. The van der Waals surface area contributed by atoms with Crippen LogP contribution in [-0.4, -0.2) is 12.3 Å². The van der Waals surface area contributed by atoms with E-state index < -0.39 is 0 Å². The fourth-order valence-electron chi connectivity index (χ4n) is 1.98. The van der Waals surface area contributed by atoms with Crippen LogP contribution in [0.5, 0.6) is 0 Å². The van der Waals surface area contributed by atoms with Crippen LogP contribution >= 0.6 is 0 Å². The summed E-state index contributed by atoms with van der Waals surface area (Å²) in [6.45, 7) is 0.676. The van der Waals surface area contributed by atoms with Gasteiger partial charge in [0.25, 0.3) is 0 Å². The van der Waals surface area contributed by atoms with E-state index in [1.54, 1.807) is 6.26 Å². The number of rotatable bonds is 0. The Labute approximate surface area is 76.6 Å². The van der Waals surface area contributed by atoms with Crippen molar-refractivity contribution in [2.24, 2.45) is 10.4 Å². The van der Waals surface area contributed by atoms with Crippen molar-refractivity contribution in [3.05, 3.63) is 48.4 Å². The summed E-state index contributed by atoms with van der Waals surface area (Å²) in [7, 11) is 0. The molecular weight excluding hydrogens is 162 g/mol. The van der Waals surface area contributed by atoms with Gasteiger partial charge < -0.3 is 4.74 Å². The van der Waals surface area contributed by atoms with E-state index in [4.69, 9.17) is 4.74 Å². The zero-order valence-corrected chi connectivity index (χ0v) is 7.10. The third kappa shape index (κ3) is 0.750. The topological polar surface area (TPSA) is 21.6 Å². The Balaban J connectivity index is 2.22. The molecule has 0 aromatic rings. The molecule has 2 heterocycles. The highest BCUT2D eigenvalue weighted by molar-refractivity contribution is 6.07. The minimum absolute atomic E-state index is 0.0799. The van der Waals surface area contributed by atoms with Gasteiger partial charge in [-0.15, -0.1) is 0 Å². The maximum Gasteiger partial charge on any atom is 0.106 e. The molecule has 3 rings (SSSR count). The fraction of sp³-hybridized carbons (Fsp3) is 0.182. The van der Waals surface area contributed by atoms with Gasteiger partial charge in [-0.25, -0.2) is 0 Å². The van der Waals surface area contributed by atoms with Crippen LogP contribution < -0.4 is 0 Å². The van der Waals surface area contributed by atoms with Crippen molar-refractivity contribution in [1.29, 1.82) is 0 Å². The molecule has 0 N–H and O–H groups in total. The Morgan fingerprint density at radius 2 is 2.38 bits per heavy atom. The summed E-state index contributed by atoms with van der Waals surface area (Å²) in [6, 6.07) is 0. The second kappa shape index (κ2) is 2.22. The monoisotopic (exact) mass is 171 g/mol. The fourth-order valence-corrected chi connectivity index (χ4v) is 1.98. The molecule has 13 heavy (non-hydrogen) atoms. The van der Waals surface area contributed by atoms with Gasteiger partial charge in [0.2, 0.25) is 0 Å². The van der Waals surface area contributed by atoms with Gasteiger partial charge in [-0.1, -0.05) is 12.2 Å². The van der Waals surface area contributed by atoms with E-state index in [0.717, 1.165) is 5.71 Å². The molecule has 2 nitrogen and oxygen atoms in total. The summed E-state index contributed by atoms with van der Waals surface area (Å²) >= 11 is 0. The predicted molar refractivity (Wildman–Crippen MR) is 51.3 cm³/mol. The van der Waals surface area contributed by atoms with Crippen LogP contribution in [0, 0.1) is 5.41 Å². The molecule has 3 aliphatic rings. The van der Waals surface area contributed by atoms with E-state index in [1.807, 2.05) is 24.4 Å². The average Bonchev–Trinajstić information content (AvgIpc) is 2.58. The molecular formula is C11H9NO. The zero-order chi connectivity index (χ0) is 8.73. The van der Waals surface area contributed by atoms with Crippen LogP contribution in [0.1, 0.15) is 0 Å². The molecule has 0 radical (unpaired) electrons. The van der Waals surface area contributed by atoms with Gasteiger partial charge >= 0.3 is 0 Å². The smallest absolute Gasteiger partial charge is 0.106 e. The van der Waals surface area contributed by atoms with Gasteiger partial charge in [0, 0.05) is 6.20 Å². The third-order valence-electron chi connectivity index (χ3n) is 2.73. The highest BCUT2D eigenvalue weighted by Crippen LogP contribution is 2.40. The summed E-state index contributed by atoms with van der Waals surface area (Å²) in [4.78, 5) is 4.33. The van der Waals surface area contributed by atoms with Crippen molar-refractivity contribution < 1.29 is 4.74 Å². The van der Waals surface area contributed by atoms with Crippen molar-refractivity contribution in [1.82, 2.24) is 0 Å². The Kier molecular flexibility index (Phi) is 1.18. The lowest BCUT2D eigenvalue weighted by Crippen LogP contribution is -2.35. The highest BCUT2D eigenvalue weighted by atomic mass is 16.5. The maximum absolute atomic E-state index is 5.36. The number of ether oxygens (including phenoxy) is 1. The highest BCUT2D eigenvalue weighted by Gasteiger charge is 2.40. The lowest BCUT2D eigenvalue weighted by Gasteiger charge is -2.33. The van der Waals surface area contributed by atoms with E-state index in [-0.39, 0.29) is 5.41 Å². The van der Waals surface area contributed by atoms with E-state index in [1.165, 1.54) is 5.57 Å². The minimum Gasteiger partial charge on any atom is -0.500 e. The van der Waals surface area contributed by atoms with Gasteiger partial charge in [0.05, 0.1) is 17.4 Å². The van der Waals surface area contributed by atoms with Gasteiger partial charge in [0.15, 0.2) is 0 Å². The molecule has 1 atom stereocenters. The van der Waals surface area contributed by atoms with Gasteiger partial charge in [-0.05, 0) is 23.8 Å². The molecule has 2 heteroatoms.